The van der Waals surface area contributed by atoms with Gasteiger partial charge < -0.3 is 10.7 Å². The van der Waals surface area contributed by atoms with Crippen LogP contribution in [0.5, 0.6) is 0 Å². The number of halogens is 2. The molecule has 0 saturated heterocycles. The number of anilines is 1. The summed E-state index contributed by atoms with van der Waals surface area (Å²) in [6, 6.07) is 2.28. The van der Waals surface area contributed by atoms with Crippen LogP contribution in [0, 0.1) is 17.0 Å². The Bertz CT molecular complexity index is 1070. The Labute approximate surface area is 145 Å². The molecule has 8 nitrogen and oxygen atoms in total. The molecule has 134 valence electrons. The molecule has 2 heterocycles. The van der Waals surface area contributed by atoms with Crippen molar-refractivity contribution in [1.29, 1.82) is 5.41 Å². The van der Waals surface area contributed by atoms with Crippen LogP contribution in [0.15, 0.2) is 29.2 Å². The van der Waals surface area contributed by atoms with E-state index >= 15 is 0 Å². The van der Waals surface area contributed by atoms with E-state index in [1.165, 1.54) is 6.20 Å². The average molecular weight is 360 g/mol. The van der Waals surface area contributed by atoms with E-state index in [1.807, 2.05) is 0 Å². The summed E-state index contributed by atoms with van der Waals surface area (Å²) >= 11 is 0. The topological polar surface area (TPSA) is 116 Å². The largest absolute Gasteiger partial charge is 0.338 e. The van der Waals surface area contributed by atoms with Crippen molar-refractivity contribution in [3.05, 3.63) is 51.9 Å². The van der Waals surface area contributed by atoms with Gasteiger partial charge in [0.1, 0.15) is 17.3 Å². The van der Waals surface area contributed by atoms with Gasteiger partial charge in [-0.1, -0.05) is 0 Å². The highest BCUT2D eigenvalue weighted by atomic mass is 19.1. The zero-order valence-electron chi connectivity index (χ0n) is 13.6. The average Bonchev–Trinajstić information content (AvgIpc) is 2.92. The fourth-order valence-corrected chi connectivity index (χ4v) is 2.48. The highest BCUT2D eigenvalue weighted by molar-refractivity contribution is 6.04. The number of hydrogen-bond donors (Lipinski definition) is 4. The Morgan fingerprint density at radius 1 is 1.42 bits per heavy atom. The summed E-state index contributed by atoms with van der Waals surface area (Å²) in [6.07, 6.45) is 2.12. The normalized spacial score (nSPS) is 10.7. The number of rotatable bonds is 4. The van der Waals surface area contributed by atoms with Crippen molar-refractivity contribution < 1.29 is 13.6 Å². The van der Waals surface area contributed by atoms with Gasteiger partial charge in [-0.05, 0) is 19.1 Å². The summed E-state index contributed by atoms with van der Waals surface area (Å²) in [6.45, 7) is 2.13. The van der Waals surface area contributed by atoms with E-state index in [2.05, 4.69) is 20.7 Å². The SMILES string of the molecule is CCNC(=O)Nc1ncc2c(=O)n(-c3ccc(F)cc3F)[nH]c2c1C=N. The molecule has 26 heavy (non-hydrogen) atoms. The molecule has 1 aromatic carbocycles. The first-order valence-corrected chi connectivity index (χ1v) is 7.60. The number of nitrogens with zero attached hydrogens (tertiary/aromatic N) is 2. The lowest BCUT2D eigenvalue weighted by Crippen LogP contribution is -2.29. The van der Waals surface area contributed by atoms with Gasteiger partial charge in [-0.3, -0.25) is 15.2 Å². The summed E-state index contributed by atoms with van der Waals surface area (Å²) in [5.74, 6) is -1.64. The number of pyridine rings is 1. The first-order chi connectivity index (χ1) is 12.5. The lowest BCUT2D eigenvalue weighted by molar-refractivity contribution is 0.252. The van der Waals surface area contributed by atoms with Gasteiger partial charge in [0, 0.05) is 25.0 Å². The third-order valence-corrected chi connectivity index (χ3v) is 3.64. The minimum Gasteiger partial charge on any atom is -0.338 e. The molecule has 10 heteroatoms. The first-order valence-electron chi connectivity index (χ1n) is 7.60. The monoisotopic (exact) mass is 360 g/mol. The molecule has 3 rings (SSSR count). The Hall–Kier alpha value is -3.56. The van der Waals surface area contributed by atoms with Crippen molar-refractivity contribution >= 4 is 29.0 Å². The Balaban J connectivity index is 2.17. The van der Waals surface area contributed by atoms with Crippen molar-refractivity contribution in [2.45, 2.75) is 6.92 Å². The number of nitrogens with one attached hydrogen (secondary N) is 4. The third-order valence-electron chi connectivity index (χ3n) is 3.64. The molecule has 0 aliphatic rings. The van der Waals surface area contributed by atoms with Gasteiger partial charge in [-0.2, -0.15) is 0 Å². The number of hydrogen-bond acceptors (Lipinski definition) is 4. The second-order valence-corrected chi connectivity index (χ2v) is 5.29. The fourth-order valence-electron chi connectivity index (χ4n) is 2.48. The van der Waals surface area contributed by atoms with Crippen LogP contribution >= 0.6 is 0 Å². The Morgan fingerprint density at radius 2 is 2.19 bits per heavy atom. The predicted molar refractivity (Wildman–Crippen MR) is 92.2 cm³/mol. The molecule has 2 aromatic heterocycles. The van der Waals surface area contributed by atoms with Gasteiger partial charge in [-0.25, -0.2) is 23.2 Å². The van der Waals surface area contributed by atoms with E-state index in [4.69, 9.17) is 5.41 Å². The van der Waals surface area contributed by atoms with Gasteiger partial charge in [0.2, 0.25) is 0 Å². The zero-order valence-corrected chi connectivity index (χ0v) is 13.6. The highest BCUT2D eigenvalue weighted by Crippen LogP contribution is 2.21. The summed E-state index contributed by atoms with van der Waals surface area (Å²) in [5.41, 5.74) is -0.463. The van der Waals surface area contributed by atoms with Crippen LogP contribution in [0.4, 0.5) is 19.4 Å². The van der Waals surface area contributed by atoms with Crippen LogP contribution in [0.3, 0.4) is 0 Å². The number of aromatic amines is 1. The molecule has 0 unspecified atom stereocenters. The zero-order chi connectivity index (χ0) is 18.8. The number of carbonyl (C=O) groups excluding carboxylic acids is 1. The maximum atomic E-state index is 14.0. The van der Waals surface area contributed by atoms with Crippen molar-refractivity contribution in [1.82, 2.24) is 20.1 Å². The van der Waals surface area contributed by atoms with E-state index in [0.29, 0.717) is 12.6 Å². The van der Waals surface area contributed by atoms with Crippen molar-refractivity contribution in [2.24, 2.45) is 0 Å². The fraction of sp³-hybridized carbons (Fsp3) is 0.125. The standard InChI is InChI=1S/C16H14F2N6O2/c1-2-20-16(26)22-14-9(6-19)13-10(7-21-14)15(25)24(23-13)12-4-3-8(17)5-11(12)18/h3-7,19,23H,2H2,1H3,(H2,20,21,22,26). The number of amides is 2. The van der Waals surface area contributed by atoms with E-state index in [0.717, 1.165) is 23.0 Å². The lowest BCUT2D eigenvalue weighted by Gasteiger charge is -2.08. The molecule has 0 fully saturated rings. The van der Waals surface area contributed by atoms with Crippen LogP contribution < -0.4 is 16.2 Å². The minimum absolute atomic E-state index is 0.0615. The summed E-state index contributed by atoms with van der Waals surface area (Å²) in [4.78, 5) is 28.2. The molecule has 0 aliphatic heterocycles. The van der Waals surface area contributed by atoms with Gasteiger partial charge in [-0.15, -0.1) is 0 Å². The van der Waals surface area contributed by atoms with Crippen LogP contribution in [0.25, 0.3) is 16.6 Å². The predicted octanol–water partition coefficient (Wildman–Crippen LogP) is 2.13. The van der Waals surface area contributed by atoms with Gasteiger partial charge in [0.15, 0.2) is 5.82 Å². The van der Waals surface area contributed by atoms with E-state index in [-0.39, 0.29) is 28.0 Å². The molecule has 2 amide bonds. The molecule has 0 radical (unpaired) electrons. The number of H-pyrrole nitrogens is 1. The second-order valence-electron chi connectivity index (χ2n) is 5.29. The molecule has 0 spiro atoms. The molecular weight excluding hydrogens is 346 g/mol. The quantitative estimate of drug-likeness (QED) is 0.534. The summed E-state index contributed by atoms with van der Waals surface area (Å²) in [7, 11) is 0. The van der Waals surface area contributed by atoms with E-state index in [1.54, 1.807) is 6.92 Å². The molecule has 0 atom stereocenters. The van der Waals surface area contributed by atoms with Crippen LogP contribution in [-0.4, -0.2) is 33.6 Å². The summed E-state index contributed by atoms with van der Waals surface area (Å²) in [5, 5.41) is 15.3. The van der Waals surface area contributed by atoms with Crippen molar-refractivity contribution in [3.63, 3.8) is 0 Å². The van der Waals surface area contributed by atoms with Gasteiger partial charge >= 0.3 is 6.03 Å². The number of fused-ring (bicyclic) bond motifs is 1. The molecule has 0 saturated carbocycles. The molecule has 0 bridgehead atoms. The number of carbonyl (C=O) groups is 1. The number of urea groups is 1. The molecule has 0 aliphatic carbocycles. The number of aromatic nitrogens is 3. The second kappa shape index (κ2) is 6.75. The Kier molecular flexibility index (Phi) is 4.48. The maximum Gasteiger partial charge on any atom is 0.320 e. The minimum atomic E-state index is -0.927. The third kappa shape index (κ3) is 2.92. The van der Waals surface area contributed by atoms with Crippen LogP contribution in [0.2, 0.25) is 0 Å². The highest BCUT2D eigenvalue weighted by Gasteiger charge is 2.18. The molecule has 4 N–H and O–H groups in total. The van der Waals surface area contributed by atoms with Gasteiger partial charge in [0.05, 0.1) is 16.5 Å². The molecule has 3 aromatic rings. The maximum absolute atomic E-state index is 14.0. The molecular formula is C16H14F2N6O2. The van der Waals surface area contributed by atoms with E-state index < -0.39 is 23.2 Å². The first kappa shape index (κ1) is 17.3. The number of benzene rings is 1. The van der Waals surface area contributed by atoms with Crippen LogP contribution in [-0.2, 0) is 0 Å². The summed E-state index contributed by atoms with van der Waals surface area (Å²) < 4.78 is 28.0. The van der Waals surface area contributed by atoms with E-state index in [9.17, 15) is 18.4 Å². The van der Waals surface area contributed by atoms with Crippen molar-refractivity contribution in [3.8, 4) is 5.69 Å². The smallest absolute Gasteiger partial charge is 0.320 e. The lowest BCUT2D eigenvalue weighted by atomic mass is 10.2. The Morgan fingerprint density at radius 3 is 2.85 bits per heavy atom. The van der Waals surface area contributed by atoms with Gasteiger partial charge in [0.25, 0.3) is 5.56 Å². The van der Waals surface area contributed by atoms with Crippen molar-refractivity contribution in [2.75, 3.05) is 11.9 Å². The van der Waals surface area contributed by atoms with Crippen LogP contribution in [0.1, 0.15) is 12.5 Å².